The first-order chi connectivity index (χ1) is 11.6. The van der Waals surface area contributed by atoms with Crippen molar-refractivity contribution in [1.82, 2.24) is 0 Å². The molecular formula is C20H34O6. The van der Waals surface area contributed by atoms with Crippen molar-refractivity contribution in [3.05, 3.63) is 0 Å². The summed E-state index contributed by atoms with van der Waals surface area (Å²) >= 11 is 0. The molecule has 0 aromatic carbocycles. The van der Waals surface area contributed by atoms with Crippen LogP contribution in [-0.2, 0) is 0 Å². The van der Waals surface area contributed by atoms with Gasteiger partial charge in [0.15, 0.2) is 0 Å². The van der Waals surface area contributed by atoms with Crippen molar-refractivity contribution >= 4 is 0 Å². The third-order valence-electron chi connectivity index (χ3n) is 9.30. The molecule has 4 rings (SSSR count). The Morgan fingerprint density at radius 1 is 0.808 bits per heavy atom. The first kappa shape index (κ1) is 19.1. The Hall–Kier alpha value is -0.240. The summed E-state index contributed by atoms with van der Waals surface area (Å²) in [6.07, 6.45) is -0.0228. The normalized spacial score (nSPS) is 63.9. The van der Waals surface area contributed by atoms with E-state index < -0.39 is 51.4 Å². The maximum absolute atomic E-state index is 11.7. The molecule has 0 saturated heterocycles. The summed E-state index contributed by atoms with van der Waals surface area (Å²) < 4.78 is 0. The zero-order valence-electron chi connectivity index (χ0n) is 16.2. The Balaban J connectivity index is 1.87. The molecule has 4 aliphatic rings. The molecule has 0 heterocycles. The highest BCUT2D eigenvalue weighted by Gasteiger charge is 2.76. The lowest BCUT2D eigenvalue weighted by Gasteiger charge is -2.50. The fourth-order valence-electron chi connectivity index (χ4n) is 7.72. The molecule has 150 valence electrons. The zero-order valence-corrected chi connectivity index (χ0v) is 16.2. The van der Waals surface area contributed by atoms with Gasteiger partial charge in [0.25, 0.3) is 0 Å². The van der Waals surface area contributed by atoms with Crippen molar-refractivity contribution in [1.29, 1.82) is 0 Å². The van der Waals surface area contributed by atoms with Gasteiger partial charge >= 0.3 is 0 Å². The van der Waals surface area contributed by atoms with Crippen LogP contribution in [0.15, 0.2) is 0 Å². The molecule has 6 N–H and O–H groups in total. The molecule has 0 aromatic rings. The highest BCUT2D eigenvalue weighted by Crippen LogP contribution is 2.70. The second kappa shape index (κ2) is 4.84. The van der Waals surface area contributed by atoms with Gasteiger partial charge in [-0.05, 0) is 63.7 Å². The maximum Gasteiger partial charge on any atom is 0.104 e. The monoisotopic (exact) mass is 370 g/mol. The second-order valence-corrected chi connectivity index (χ2v) is 10.9. The fraction of sp³-hybridized carbons (Fsp3) is 1.00. The van der Waals surface area contributed by atoms with E-state index in [-0.39, 0.29) is 18.8 Å². The molecule has 0 amide bonds. The van der Waals surface area contributed by atoms with Gasteiger partial charge in [0.2, 0.25) is 0 Å². The number of hydrogen-bond acceptors (Lipinski definition) is 6. The van der Waals surface area contributed by atoms with Crippen LogP contribution < -0.4 is 0 Å². The molecule has 9 atom stereocenters. The summed E-state index contributed by atoms with van der Waals surface area (Å²) in [7, 11) is 0. The van der Waals surface area contributed by atoms with Gasteiger partial charge in [-0.3, -0.25) is 0 Å². The van der Waals surface area contributed by atoms with Crippen LogP contribution in [0.5, 0.6) is 0 Å². The Bertz CT molecular complexity index is 626. The topological polar surface area (TPSA) is 121 Å². The van der Waals surface area contributed by atoms with Crippen LogP contribution in [0.4, 0.5) is 0 Å². The number of rotatable bonds is 0. The number of aliphatic hydroxyl groups excluding tert-OH is 2. The Morgan fingerprint density at radius 3 is 2.04 bits per heavy atom. The first-order valence-electron chi connectivity index (χ1n) is 9.90. The van der Waals surface area contributed by atoms with E-state index in [4.69, 9.17) is 0 Å². The van der Waals surface area contributed by atoms with Gasteiger partial charge < -0.3 is 30.6 Å². The van der Waals surface area contributed by atoms with Gasteiger partial charge in [-0.2, -0.15) is 0 Å². The predicted molar refractivity (Wildman–Crippen MR) is 94.1 cm³/mol. The molecule has 26 heavy (non-hydrogen) atoms. The SMILES string of the molecule is CC1(C)[C@@H](O)C[C@@H]2[C@@](C)(O)[C@@H]3CC[C@]4(O)C[C@@]3(C[C@@H](O)[C@@]21O)C[C@@]4(C)O. The lowest BCUT2D eigenvalue weighted by Crippen LogP contribution is -2.60. The minimum absolute atomic E-state index is 0.204. The van der Waals surface area contributed by atoms with Gasteiger partial charge in [0, 0.05) is 11.3 Å². The van der Waals surface area contributed by atoms with Crippen LogP contribution in [0.1, 0.15) is 66.2 Å². The molecule has 4 aliphatic carbocycles. The lowest BCUT2D eigenvalue weighted by molar-refractivity contribution is -0.201. The van der Waals surface area contributed by atoms with Crippen LogP contribution >= 0.6 is 0 Å². The Kier molecular flexibility index (Phi) is 3.55. The average molecular weight is 370 g/mol. The minimum Gasteiger partial charge on any atom is -0.392 e. The van der Waals surface area contributed by atoms with E-state index in [1.165, 1.54) is 0 Å². The maximum atomic E-state index is 11.7. The summed E-state index contributed by atoms with van der Waals surface area (Å²) in [6.45, 7) is 6.83. The van der Waals surface area contributed by atoms with E-state index in [0.717, 1.165) is 0 Å². The molecule has 0 aliphatic heterocycles. The Labute approximate surface area is 154 Å². The molecule has 0 unspecified atom stereocenters. The third kappa shape index (κ3) is 1.89. The molecule has 4 fully saturated rings. The van der Waals surface area contributed by atoms with Crippen molar-refractivity contribution in [3.63, 3.8) is 0 Å². The molecule has 0 radical (unpaired) electrons. The van der Waals surface area contributed by atoms with Gasteiger partial charge in [-0.25, -0.2) is 0 Å². The van der Waals surface area contributed by atoms with Crippen LogP contribution in [0.3, 0.4) is 0 Å². The van der Waals surface area contributed by atoms with E-state index in [1.54, 1.807) is 27.7 Å². The predicted octanol–water partition coefficient (Wildman–Crippen LogP) is 0.312. The standard InChI is InChI=1S/C20H34O6/c1-15(2)13(21)7-12-17(4,24)11-5-6-19(25)10-18(11,9-16(19,3)23)8-14(22)20(12,15)26/h11-14,21-26H,5-10H2,1-4H3/t11-,12+,13-,14+,16+,17-,18+,19-,20-/m0/s1. The third-order valence-corrected chi connectivity index (χ3v) is 9.30. The van der Waals surface area contributed by atoms with Crippen LogP contribution in [0.2, 0.25) is 0 Å². The number of hydrogen-bond donors (Lipinski definition) is 6. The highest BCUT2D eigenvalue weighted by atomic mass is 16.4. The van der Waals surface area contributed by atoms with Crippen molar-refractivity contribution in [2.24, 2.45) is 22.7 Å². The number of aliphatic hydroxyl groups is 6. The minimum atomic E-state index is -1.63. The second-order valence-electron chi connectivity index (χ2n) is 10.9. The quantitative estimate of drug-likeness (QED) is 0.365. The largest absolute Gasteiger partial charge is 0.392 e. The van der Waals surface area contributed by atoms with E-state index >= 15 is 0 Å². The zero-order chi connectivity index (χ0) is 19.6. The fourth-order valence-corrected chi connectivity index (χ4v) is 7.72. The summed E-state index contributed by atoms with van der Waals surface area (Å²) in [4.78, 5) is 0. The molecule has 0 aromatic heterocycles. The van der Waals surface area contributed by atoms with Crippen LogP contribution in [-0.4, -0.2) is 65.3 Å². The smallest absolute Gasteiger partial charge is 0.104 e. The molecule has 1 spiro atoms. The molecule has 4 saturated carbocycles. The molecule has 6 nitrogen and oxygen atoms in total. The van der Waals surface area contributed by atoms with Crippen LogP contribution in [0, 0.1) is 22.7 Å². The summed E-state index contributed by atoms with van der Waals surface area (Å²) in [5.41, 5.74) is -7.06. The van der Waals surface area contributed by atoms with Gasteiger partial charge in [-0.15, -0.1) is 0 Å². The average Bonchev–Trinajstić information content (AvgIpc) is 2.73. The van der Waals surface area contributed by atoms with Crippen molar-refractivity contribution < 1.29 is 30.6 Å². The molecule has 2 bridgehead atoms. The van der Waals surface area contributed by atoms with E-state index in [9.17, 15) is 30.6 Å². The van der Waals surface area contributed by atoms with Crippen molar-refractivity contribution in [3.8, 4) is 0 Å². The number of fused-ring (bicyclic) bond motifs is 2. The van der Waals surface area contributed by atoms with Crippen molar-refractivity contribution in [2.75, 3.05) is 0 Å². The summed E-state index contributed by atoms with van der Waals surface area (Å²) in [5.74, 6) is -0.935. The van der Waals surface area contributed by atoms with E-state index in [2.05, 4.69) is 0 Å². The summed E-state index contributed by atoms with van der Waals surface area (Å²) in [6, 6.07) is 0. The van der Waals surface area contributed by atoms with E-state index in [1.807, 2.05) is 0 Å². The van der Waals surface area contributed by atoms with E-state index in [0.29, 0.717) is 25.7 Å². The van der Waals surface area contributed by atoms with Crippen LogP contribution in [0.25, 0.3) is 0 Å². The van der Waals surface area contributed by atoms with Gasteiger partial charge in [0.05, 0.1) is 29.0 Å². The Morgan fingerprint density at radius 2 is 1.42 bits per heavy atom. The lowest BCUT2D eigenvalue weighted by atomic mass is 9.58. The first-order valence-corrected chi connectivity index (χ1v) is 9.90. The summed E-state index contributed by atoms with van der Waals surface area (Å²) in [5, 5.41) is 67.0. The van der Waals surface area contributed by atoms with Gasteiger partial charge in [0.1, 0.15) is 5.60 Å². The van der Waals surface area contributed by atoms with Crippen molar-refractivity contribution in [2.45, 2.75) is 101 Å². The highest BCUT2D eigenvalue weighted by molar-refractivity contribution is 5.26. The molecule has 6 heteroatoms. The molecular weight excluding hydrogens is 336 g/mol. The van der Waals surface area contributed by atoms with Gasteiger partial charge in [-0.1, -0.05) is 13.8 Å².